The monoisotopic (exact) mass is 230 g/mol. The van der Waals surface area contributed by atoms with Crippen LogP contribution in [-0.4, -0.2) is 5.92 Å². The van der Waals surface area contributed by atoms with Gasteiger partial charge in [-0.3, -0.25) is 0 Å². The maximum absolute atomic E-state index is 13.3. The molecule has 0 aliphatic heterocycles. The van der Waals surface area contributed by atoms with Gasteiger partial charge in [0.1, 0.15) is 0 Å². The van der Waals surface area contributed by atoms with Crippen LogP contribution >= 0.6 is 0 Å². The van der Waals surface area contributed by atoms with E-state index in [0.717, 1.165) is 30.6 Å². The highest BCUT2D eigenvalue weighted by atomic mass is 19.3. The molecule has 2 aliphatic carbocycles. The van der Waals surface area contributed by atoms with E-state index in [-0.39, 0.29) is 18.3 Å². The molecule has 0 saturated heterocycles. The first-order chi connectivity index (χ1) is 7.42. The van der Waals surface area contributed by atoms with Crippen LogP contribution in [0.4, 0.5) is 8.78 Å². The van der Waals surface area contributed by atoms with Crippen LogP contribution < -0.4 is 0 Å². The number of hydrogen-bond acceptors (Lipinski definition) is 0. The highest BCUT2D eigenvalue weighted by Crippen LogP contribution is 2.51. The maximum atomic E-state index is 13.3. The second kappa shape index (κ2) is 4.27. The second-order valence-corrected chi connectivity index (χ2v) is 6.36. The lowest BCUT2D eigenvalue weighted by Gasteiger charge is -2.45. The normalized spacial score (nSPS) is 39.0. The van der Waals surface area contributed by atoms with Gasteiger partial charge in [0.2, 0.25) is 0 Å². The molecule has 2 aliphatic rings. The molecule has 0 bridgehead atoms. The van der Waals surface area contributed by atoms with E-state index in [1.807, 2.05) is 6.92 Å². The van der Waals surface area contributed by atoms with E-state index in [1.54, 1.807) is 0 Å². The van der Waals surface area contributed by atoms with Crippen molar-refractivity contribution in [2.45, 2.75) is 58.8 Å². The molecular formula is C14H24F2. The van der Waals surface area contributed by atoms with E-state index >= 15 is 0 Å². The van der Waals surface area contributed by atoms with Crippen LogP contribution in [0.5, 0.6) is 0 Å². The zero-order valence-electron chi connectivity index (χ0n) is 10.7. The summed E-state index contributed by atoms with van der Waals surface area (Å²) in [6.45, 7) is 6.56. The number of alkyl halides is 2. The fourth-order valence-corrected chi connectivity index (χ4v) is 3.64. The Balaban J connectivity index is 1.82. The Labute approximate surface area is 97.8 Å². The summed E-state index contributed by atoms with van der Waals surface area (Å²) < 4.78 is 26.6. The minimum Gasteiger partial charge on any atom is -0.207 e. The summed E-state index contributed by atoms with van der Waals surface area (Å²) in [7, 11) is 0. The van der Waals surface area contributed by atoms with E-state index in [9.17, 15) is 8.78 Å². The van der Waals surface area contributed by atoms with Crippen molar-refractivity contribution in [3.8, 4) is 0 Å². The molecule has 0 N–H and O–H groups in total. The summed E-state index contributed by atoms with van der Waals surface area (Å²) in [5.74, 6) is -0.192. The number of rotatable bonds is 4. The van der Waals surface area contributed by atoms with Crippen molar-refractivity contribution < 1.29 is 8.78 Å². The molecule has 4 unspecified atom stereocenters. The lowest BCUT2D eigenvalue weighted by molar-refractivity contribution is -0.155. The fourth-order valence-electron chi connectivity index (χ4n) is 3.64. The van der Waals surface area contributed by atoms with Gasteiger partial charge in [0, 0.05) is 12.3 Å². The molecule has 0 nitrogen and oxygen atoms in total. The Morgan fingerprint density at radius 3 is 2.12 bits per heavy atom. The predicted molar refractivity (Wildman–Crippen MR) is 62.5 cm³/mol. The van der Waals surface area contributed by atoms with Gasteiger partial charge in [-0.25, -0.2) is 8.78 Å². The van der Waals surface area contributed by atoms with Gasteiger partial charge in [0.15, 0.2) is 0 Å². The average Bonchev–Trinajstić information content (AvgIpc) is 2.10. The third kappa shape index (κ3) is 2.12. The molecular weight excluding hydrogens is 206 g/mol. The van der Waals surface area contributed by atoms with Crippen molar-refractivity contribution in [3.05, 3.63) is 0 Å². The van der Waals surface area contributed by atoms with Crippen LogP contribution in [0.2, 0.25) is 0 Å². The molecule has 16 heavy (non-hydrogen) atoms. The zero-order chi connectivity index (χ0) is 11.9. The quantitative estimate of drug-likeness (QED) is 0.654. The molecule has 2 fully saturated rings. The molecule has 0 heterocycles. The highest BCUT2D eigenvalue weighted by Gasteiger charge is 2.51. The van der Waals surface area contributed by atoms with Crippen LogP contribution in [0, 0.1) is 29.6 Å². The summed E-state index contributed by atoms with van der Waals surface area (Å²) in [6.07, 6.45) is 4.48. The largest absolute Gasteiger partial charge is 0.251 e. The Kier molecular flexibility index (Phi) is 3.29. The summed E-state index contributed by atoms with van der Waals surface area (Å²) >= 11 is 0. The van der Waals surface area contributed by atoms with Crippen LogP contribution in [0.25, 0.3) is 0 Å². The molecule has 0 radical (unpaired) electrons. The van der Waals surface area contributed by atoms with Gasteiger partial charge in [-0.15, -0.1) is 0 Å². The van der Waals surface area contributed by atoms with Gasteiger partial charge in [-0.05, 0) is 49.4 Å². The lowest BCUT2D eigenvalue weighted by Crippen LogP contribution is -2.44. The zero-order valence-corrected chi connectivity index (χ0v) is 10.7. The van der Waals surface area contributed by atoms with Crippen molar-refractivity contribution >= 4 is 0 Å². The Bertz CT molecular complexity index is 247. The van der Waals surface area contributed by atoms with Crippen molar-refractivity contribution in [1.29, 1.82) is 0 Å². The highest BCUT2D eigenvalue weighted by molar-refractivity contribution is 4.93. The smallest absolute Gasteiger partial charge is 0.207 e. The summed E-state index contributed by atoms with van der Waals surface area (Å²) in [5, 5.41) is 0. The maximum Gasteiger partial charge on any atom is 0.251 e. The third-order valence-electron chi connectivity index (χ3n) is 5.03. The predicted octanol–water partition coefficient (Wildman–Crippen LogP) is 4.74. The molecule has 0 spiro atoms. The van der Waals surface area contributed by atoms with Crippen molar-refractivity contribution in [2.75, 3.05) is 0 Å². The SMILES string of the molecule is CC(C)C1CCC1CC(C)C1CCC1(F)F. The molecule has 2 saturated carbocycles. The van der Waals surface area contributed by atoms with Crippen LogP contribution in [0.1, 0.15) is 52.9 Å². The van der Waals surface area contributed by atoms with Crippen LogP contribution in [-0.2, 0) is 0 Å². The Morgan fingerprint density at radius 2 is 1.81 bits per heavy atom. The van der Waals surface area contributed by atoms with Gasteiger partial charge >= 0.3 is 0 Å². The first-order valence-electron chi connectivity index (χ1n) is 6.79. The van der Waals surface area contributed by atoms with E-state index in [4.69, 9.17) is 0 Å². The molecule has 0 aromatic carbocycles. The third-order valence-corrected chi connectivity index (χ3v) is 5.03. The molecule has 0 aromatic heterocycles. The summed E-state index contributed by atoms with van der Waals surface area (Å²) in [5.41, 5.74) is 0. The molecule has 0 aromatic rings. The van der Waals surface area contributed by atoms with E-state index in [0.29, 0.717) is 0 Å². The van der Waals surface area contributed by atoms with E-state index < -0.39 is 5.92 Å². The van der Waals surface area contributed by atoms with E-state index in [2.05, 4.69) is 13.8 Å². The van der Waals surface area contributed by atoms with Gasteiger partial charge in [0.05, 0.1) is 0 Å². The van der Waals surface area contributed by atoms with Crippen molar-refractivity contribution in [3.63, 3.8) is 0 Å². The number of halogens is 2. The fraction of sp³-hybridized carbons (Fsp3) is 1.00. The standard InChI is InChI=1S/C14H24F2/c1-9(2)12-5-4-11(12)8-10(3)13-6-7-14(13,15)16/h9-13H,4-8H2,1-3H3. The topological polar surface area (TPSA) is 0 Å². The van der Waals surface area contributed by atoms with E-state index in [1.165, 1.54) is 12.8 Å². The average molecular weight is 230 g/mol. The lowest BCUT2D eigenvalue weighted by atomic mass is 9.62. The van der Waals surface area contributed by atoms with Gasteiger partial charge in [-0.1, -0.05) is 20.8 Å². The van der Waals surface area contributed by atoms with Crippen LogP contribution in [0.15, 0.2) is 0 Å². The molecule has 2 rings (SSSR count). The summed E-state index contributed by atoms with van der Waals surface area (Å²) in [6, 6.07) is 0. The van der Waals surface area contributed by atoms with Gasteiger partial charge < -0.3 is 0 Å². The summed E-state index contributed by atoms with van der Waals surface area (Å²) in [4.78, 5) is 0. The molecule has 94 valence electrons. The number of hydrogen-bond donors (Lipinski definition) is 0. The first-order valence-corrected chi connectivity index (χ1v) is 6.79. The Hall–Kier alpha value is -0.140. The van der Waals surface area contributed by atoms with Crippen molar-refractivity contribution in [1.82, 2.24) is 0 Å². The molecule has 2 heteroatoms. The molecule has 4 atom stereocenters. The van der Waals surface area contributed by atoms with Crippen LogP contribution in [0.3, 0.4) is 0 Å². The Morgan fingerprint density at radius 1 is 1.12 bits per heavy atom. The van der Waals surface area contributed by atoms with Gasteiger partial charge in [0.25, 0.3) is 5.92 Å². The van der Waals surface area contributed by atoms with Crippen molar-refractivity contribution in [2.24, 2.45) is 29.6 Å². The minimum atomic E-state index is -2.35. The second-order valence-electron chi connectivity index (χ2n) is 6.36. The van der Waals surface area contributed by atoms with Gasteiger partial charge in [-0.2, -0.15) is 0 Å². The molecule has 0 amide bonds. The first kappa shape index (κ1) is 12.3. The minimum absolute atomic E-state index is 0.125.